The normalized spacial score (nSPS) is 21.2. The van der Waals surface area contributed by atoms with Gasteiger partial charge in [0, 0.05) is 0 Å². The van der Waals surface area contributed by atoms with Crippen LogP contribution in [0, 0.1) is 0 Å². The Bertz CT molecular complexity index is 1540. The van der Waals surface area contributed by atoms with Crippen LogP contribution in [-0.4, -0.2) is 54.6 Å². The molecule has 0 aromatic heterocycles. The second-order valence-electron chi connectivity index (χ2n) is 9.69. The van der Waals surface area contributed by atoms with E-state index < -0.39 is 54.6 Å². The van der Waals surface area contributed by atoms with Crippen LogP contribution < -0.4 is 0 Å². The van der Waals surface area contributed by atoms with Gasteiger partial charge >= 0.3 is 23.9 Å². The maximum Gasteiger partial charge on any atom is 0.340 e. The molecular formula is C34H28O9. The van der Waals surface area contributed by atoms with Gasteiger partial charge in [0.25, 0.3) is 0 Å². The van der Waals surface area contributed by atoms with Gasteiger partial charge in [0.2, 0.25) is 12.4 Å². The van der Waals surface area contributed by atoms with Gasteiger partial charge in [0.15, 0.2) is 12.2 Å². The van der Waals surface area contributed by atoms with Gasteiger partial charge in [0.1, 0.15) is 0 Å². The third kappa shape index (κ3) is 7.14. The minimum atomic E-state index is -1.52. The second-order valence-corrected chi connectivity index (χ2v) is 9.69. The van der Waals surface area contributed by atoms with Crippen molar-refractivity contribution in [3.8, 4) is 0 Å². The lowest BCUT2D eigenvalue weighted by Gasteiger charge is -2.43. The van der Waals surface area contributed by atoms with Crippen LogP contribution in [0.15, 0.2) is 121 Å². The third-order valence-electron chi connectivity index (χ3n) is 6.72. The minimum Gasteiger partial charge on any atom is -0.452 e. The van der Waals surface area contributed by atoms with Gasteiger partial charge in [0.05, 0.1) is 28.4 Å². The van der Waals surface area contributed by atoms with E-state index in [-0.39, 0.29) is 22.3 Å². The molecule has 4 aromatic rings. The predicted molar refractivity (Wildman–Crippen MR) is 153 cm³/mol. The number of carbonyl (C=O) groups excluding carboxylic acids is 4. The van der Waals surface area contributed by atoms with Crippen molar-refractivity contribution in [1.82, 2.24) is 0 Å². The first kappa shape index (κ1) is 29.2. The summed E-state index contributed by atoms with van der Waals surface area (Å²) in [5.41, 5.74) is 0.876. The van der Waals surface area contributed by atoms with Gasteiger partial charge in [-0.15, -0.1) is 0 Å². The monoisotopic (exact) mass is 580 g/mol. The van der Waals surface area contributed by atoms with Crippen LogP contribution in [0.1, 0.15) is 48.4 Å². The molecule has 1 fully saturated rings. The van der Waals surface area contributed by atoms with Crippen LogP contribution in [0.3, 0.4) is 0 Å². The Morgan fingerprint density at radius 1 is 0.442 bits per heavy atom. The molecule has 0 N–H and O–H groups in total. The molecule has 43 heavy (non-hydrogen) atoms. The SMILES string of the molecule is C[C@@H]1OC(OC(=O)c2ccccc2)[C@@H](OC(=O)c2ccccc2)C(OC(=O)c2ccccc2)C1OC(=O)c1ccccc1. The molecule has 1 aliphatic heterocycles. The van der Waals surface area contributed by atoms with E-state index in [0.717, 1.165) is 0 Å². The van der Waals surface area contributed by atoms with Gasteiger partial charge in [-0.05, 0) is 55.5 Å². The lowest BCUT2D eigenvalue weighted by Crippen LogP contribution is -2.61. The van der Waals surface area contributed by atoms with Crippen molar-refractivity contribution in [3.63, 3.8) is 0 Å². The molecule has 0 saturated carbocycles. The van der Waals surface area contributed by atoms with E-state index in [2.05, 4.69) is 0 Å². The average molecular weight is 581 g/mol. The zero-order valence-electron chi connectivity index (χ0n) is 23.1. The Morgan fingerprint density at radius 3 is 1.12 bits per heavy atom. The van der Waals surface area contributed by atoms with E-state index >= 15 is 0 Å². The second kappa shape index (κ2) is 13.6. The number of carbonyl (C=O) groups is 4. The summed E-state index contributed by atoms with van der Waals surface area (Å²) >= 11 is 0. The fraction of sp³-hybridized carbons (Fsp3) is 0.176. The van der Waals surface area contributed by atoms with Crippen LogP contribution in [0.2, 0.25) is 0 Å². The van der Waals surface area contributed by atoms with E-state index in [0.29, 0.717) is 0 Å². The van der Waals surface area contributed by atoms with Crippen molar-refractivity contribution in [2.45, 2.75) is 37.6 Å². The number of esters is 4. The molecule has 1 saturated heterocycles. The van der Waals surface area contributed by atoms with E-state index in [1.165, 1.54) is 12.1 Å². The summed E-state index contributed by atoms with van der Waals surface area (Å²) in [6.07, 6.45) is -6.67. The lowest BCUT2D eigenvalue weighted by molar-refractivity contribution is -0.274. The Morgan fingerprint density at radius 2 is 0.744 bits per heavy atom. The quantitative estimate of drug-likeness (QED) is 0.203. The molecule has 9 heteroatoms. The highest BCUT2D eigenvalue weighted by molar-refractivity contribution is 5.92. The summed E-state index contributed by atoms with van der Waals surface area (Å²) in [5, 5.41) is 0. The maximum absolute atomic E-state index is 13.3. The Balaban J connectivity index is 1.51. The summed E-state index contributed by atoms with van der Waals surface area (Å²) < 4.78 is 29.2. The highest BCUT2D eigenvalue weighted by Crippen LogP contribution is 2.31. The lowest BCUT2D eigenvalue weighted by atomic mass is 9.98. The standard InChI is InChI=1S/C34H28O9/c1-22-27(40-30(35)23-14-6-2-7-15-23)28(41-31(36)24-16-8-3-9-17-24)29(42-32(37)25-18-10-4-11-19-25)34(39-22)43-33(38)26-20-12-5-13-21-26/h2-22,27-29,34H,1H3/t22-,27?,28?,29-,34?/m0/s1. The van der Waals surface area contributed by atoms with E-state index in [4.69, 9.17) is 23.7 Å². The molecule has 5 atom stereocenters. The van der Waals surface area contributed by atoms with Crippen molar-refractivity contribution < 1.29 is 42.9 Å². The highest BCUT2D eigenvalue weighted by Gasteiger charge is 2.53. The molecule has 1 heterocycles. The maximum atomic E-state index is 13.3. The number of ether oxygens (including phenoxy) is 5. The summed E-state index contributed by atoms with van der Waals surface area (Å²) in [5.74, 6) is -3.03. The van der Waals surface area contributed by atoms with Gasteiger partial charge in [-0.3, -0.25) is 0 Å². The molecule has 5 rings (SSSR count). The summed E-state index contributed by atoms with van der Waals surface area (Å²) in [4.78, 5) is 52.8. The molecule has 4 aromatic carbocycles. The van der Waals surface area contributed by atoms with Crippen molar-refractivity contribution in [2.75, 3.05) is 0 Å². The van der Waals surface area contributed by atoms with Crippen LogP contribution in [0.5, 0.6) is 0 Å². The van der Waals surface area contributed by atoms with Crippen molar-refractivity contribution in [3.05, 3.63) is 144 Å². The third-order valence-corrected chi connectivity index (χ3v) is 6.72. The largest absolute Gasteiger partial charge is 0.452 e. The summed E-state index contributed by atoms with van der Waals surface area (Å²) in [6.45, 7) is 1.57. The molecule has 218 valence electrons. The summed E-state index contributed by atoms with van der Waals surface area (Å²) in [6, 6.07) is 32.7. The van der Waals surface area contributed by atoms with Gasteiger partial charge in [-0.1, -0.05) is 72.8 Å². The van der Waals surface area contributed by atoms with Crippen LogP contribution in [0.25, 0.3) is 0 Å². The van der Waals surface area contributed by atoms with E-state index in [1.54, 1.807) is 116 Å². The molecule has 0 radical (unpaired) electrons. The molecule has 0 aliphatic carbocycles. The highest BCUT2D eigenvalue weighted by atomic mass is 16.7. The number of hydrogen-bond donors (Lipinski definition) is 0. The van der Waals surface area contributed by atoms with Crippen molar-refractivity contribution in [2.24, 2.45) is 0 Å². The molecule has 0 bridgehead atoms. The van der Waals surface area contributed by atoms with Gasteiger partial charge < -0.3 is 23.7 Å². The van der Waals surface area contributed by atoms with Crippen LogP contribution in [-0.2, 0) is 23.7 Å². The Labute approximate surface area is 247 Å². The number of hydrogen-bond acceptors (Lipinski definition) is 9. The molecule has 1 aliphatic rings. The molecule has 0 amide bonds. The number of rotatable bonds is 8. The zero-order valence-corrected chi connectivity index (χ0v) is 23.1. The van der Waals surface area contributed by atoms with Crippen molar-refractivity contribution in [1.29, 1.82) is 0 Å². The van der Waals surface area contributed by atoms with Crippen LogP contribution >= 0.6 is 0 Å². The van der Waals surface area contributed by atoms with Crippen molar-refractivity contribution >= 4 is 23.9 Å². The molecular weight excluding hydrogens is 552 g/mol. The summed E-state index contributed by atoms with van der Waals surface area (Å²) in [7, 11) is 0. The first-order valence-corrected chi connectivity index (χ1v) is 13.6. The topological polar surface area (TPSA) is 114 Å². The van der Waals surface area contributed by atoms with E-state index in [1.807, 2.05) is 0 Å². The minimum absolute atomic E-state index is 0.195. The molecule has 9 nitrogen and oxygen atoms in total. The predicted octanol–water partition coefficient (Wildman–Crippen LogP) is 5.27. The van der Waals surface area contributed by atoms with Gasteiger partial charge in [-0.2, -0.15) is 0 Å². The first-order valence-electron chi connectivity index (χ1n) is 13.6. The molecule has 3 unspecified atom stereocenters. The van der Waals surface area contributed by atoms with Crippen LogP contribution in [0.4, 0.5) is 0 Å². The Kier molecular flexibility index (Phi) is 9.23. The smallest absolute Gasteiger partial charge is 0.340 e. The molecule has 0 spiro atoms. The number of benzene rings is 4. The average Bonchev–Trinajstić information content (AvgIpc) is 3.05. The van der Waals surface area contributed by atoms with E-state index in [9.17, 15) is 19.2 Å². The fourth-order valence-corrected chi connectivity index (χ4v) is 4.54. The Hall–Kier alpha value is -5.28. The van der Waals surface area contributed by atoms with Gasteiger partial charge in [-0.25, -0.2) is 19.2 Å². The fourth-order valence-electron chi connectivity index (χ4n) is 4.54. The zero-order chi connectivity index (χ0) is 30.2. The first-order chi connectivity index (χ1) is 20.9.